The van der Waals surface area contributed by atoms with Gasteiger partial charge in [-0.15, -0.1) is 0 Å². The van der Waals surface area contributed by atoms with Crippen LogP contribution in [0.2, 0.25) is 10.0 Å². The second-order valence-electron chi connectivity index (χ2n) is 6.59. The second-order valence-corrected chi connectivity index (χ2v) is 7.44. The van der Waals surface area contributed by atoms with E-state index in [1.165, 1.54) is 0 Å². The van der Waals surface area contributed by atoms with Crippen LogP contribution in [0.4, 0.5) is 0 Å². The lowest BCUT2D eigenvalue weighted by Gasteiger charge is -2.26. The molecular formula is C21H24Cl2O2. The lowest BCUT2D eigenvalue weighted by Crippen LogP contribution is -2.17. The predicted octanol–water partition coefficient (Wildman–Crippen LogP) is 6.50. The van der Waals surface area contributed by atoms with E-state index in [9.17, 15) is 9.90 Å². The quantitative estimate of drug-likeness (QED) is 0.596. The van der Waals surface area contributed by atoms with Crippen molar-refractivity contribution in [2.45, 2.75) is 46.0 Å². The summed E-state index contributed by atoms with van der Waals surface area (Å²) in [7, 11) is 0. The van der Waals surface area contributed by atoms with Crippen molar-refractivity contribution in [3.8, 4) is 0 Å². The van der Waals surface area contributed by atoms with Crippen molar-refractivity contribution < 1.29 is 9.90 Å². The molecule has 2 unspecified atom stereocenters. The van der Waals surface area contributed by atoms with E-state index in [0.717, 1.165) is 35.1 Å². The van der Waals surface area contributed by atoms with Crippen LogP contribution in [-0.4, -0.2) is 11.1 Å². The Labute approximate surface area is 159 Å². The zero-order chi connectivity index (χ0) is 18.6. The molecule has 25 heavy (non-hydrogen) atoms. The smallest absolute Gasteiger partial charge is 0.306 e. The molecule has 0 spiro atoms. The number of benzene rings is 2. The monoisotopic (exact) mass is 378 g/mol. The number of halogens is 2. The number of carbonyl (C=O) groups is 1. The van der Waals surface area contributed by atoms with Crippen LogP contribution >= 0.6 is 23.2 Å². The van der Waals surface area contributed by atoms with Crippen LogP contribution in [0.3, 0.4) is 0 Å². The Kier molecular flexibility index (Phi) is 6.92. The highest BCUT2D eigenvalue weighted by Crippen LogP contribution is 2.40. The Balaban J connectivity index is 2.64. The first-order valence-electron chi connectivity index (χ1n) is 8.61. The topological polar surface area (TPSA) is 37.3 Å². The molecule has 0 saturated heterocycles. The fourth-order valence-corrected chi connectivity index (χ4v) is 4.00. The average molecular weight is 379 g/mol. The molecule has 4 heteroatoms. The Morgan fingerprint density at radius 1 is 1.20 bits per heavy atom. The van der Waals surface area contributed by atoms with Gasteiger partial charge in [0.15, 0.2) is 0 Å². The van der Waals surface area contributed by atoms with Gasteiger partial charge in [-0.1, -0.05) is 67.7 Å². The third-order valence-corrected chi connectivity index (χ3v) is 5.15. The maximum Gasteiger partial charge on any atom is 0.306 e. The Morgan fingerprint density at radius 2 is 1.88 bits per heavy atom. The molecular weight excluding hydrogens is 355 g/mol. The van der Waals surface area contributed by atoms with E-state index in [0.29, 0.717) is 16.5 Å². The summed E-state index contributed by atoms with van der Waals surface area (Å²) in [5.41, 5.74) is 4.37. The first-order chi connectivity index (χ1) is 11.8. The van der Waals surface area contributed by atoms with Crippen LogP contribution in [0.1, 0.15) is 54.9 Å². The van der Waals surface area contributed by atoms with E-state index >= 15 is 0 Å². The van der Waals surface area contributed by atoms with E-state index in [-0.39, 0.29) is 5.92 Å². The molecule has 2 aromatic rings. The summed E-state index contributed by atoms with van der Waals surface area (Å²) in [5.74, 6) is -1.33. The fraction of sp³-hybridized carbons (Fsp3) is 0.381. The standard InChI is InChI=1S/C21H24Cl2O2/c1-4-7-15-11-16(22)12-19(23)20(15)18(10-14(3)21(24)25)17-9-6-5-8-13(17)2/h5-6,8-9,11-12,14,18H,4,7,10H2,1-3H3,(H,24,25). The van der Waals surface area contributed by atoms with E-state index < -0.39 is 11.9 Å². The van der Waals surface area contributed by atoms with Gasteiger partial charge in [0.05, 0.1) is 5.92 Å². The van der Waals surface area contributed by atoms with Gasteiger partial charge in [-0.05, 0) is 54.2 Å². The highest BCUT2D eigenvalue weighted by molar-refractivity contribution is 6.35. The Hall–Kier alpha value is -1.51. The number of carboxylic acids is 1. The molecule has 0 heterocycles. The van der Waals surface area contributed by atoms with E-state index in [2.05, 4.69) is 26.0 Å². The van der Waals surface area contributed by atoms with Crippen LogP contribution in [0.15, 0.2) is 36.4 Å². The number of aryl methyl sites for hydroxylation is 2. The number of aliphatic carboxylic acids is 1. The first kappa shape index (κ1) is 19.8. The van der Waals surface area contributed by atoms with E-state index in [4.69, 9.17) is 23.2 Å². The van der Waals surface area contributed by atoms with Gasteiger partial charge in [0.2, 0.25) is 0 Å². The number of carboxylic acid groups (broad SMARTS) is 1. The molecule has 0 aromatic heterocycles. The number of hydrogen-bond donors (Lipinski definition) is 1. The molecule has 0 radical (unpaired) electrons. The highest BCUT2D eigenvalue weighted by Gasteiger charge is 2.26. The molecule has 2 rings (SSSR count). The van der Waals surface area contributed by atoms with Crippen molar-refractivity contribution in [3.05, 3.63) is 68.7 Å². The minimum atomic E-state index is -0.791. The summed E-state index contributed by atoms with van der Waals surface area (Å²) >= 11 is 12.8. The largest absolute Gasteiger partial charge is 0.481 e. The van der Waals surface area contributed by atoms with Crippen molar-refractivity contribution >= 4 is 29.2 Å². The van der Waals surface area contributed by atoms with Crippen LogP contribution in [0.5, 0.6) is 0 Å². The first-order valence-corrected chi connectivity index (χ1v) is 9.36. The van der Waals surface area contributed by atoms with Crippen molar-refractivity contribution in [2.24, 2.45) is 5.92 Å². The van der Waals surface area contributed by atoms with Gasteiger partial charge in [-0.2, -0.15) is 0 Å². The summed E-state index contributed by atoms with van der Waals surface area (Å²) in [6.45, 7) is 5.91. The fourth-order valence-electron chi connectivity index (χ4n) is 3.34. The van der Waals surface area contributed by atoms with Crippen molar-refractivity contribution in [1.82, 2.24) is 0 Å². The van der Waals surface area contributed by atoms with Crippen molar-refractivity contribution in [3.63, 3.8) is 0 Å². The van der Waals surface area contributed by atoms with Gasteiger partial charge >= 0.3 is 5.97 Å². The second kappa shape index (κ2) is 8.73. The minimum absolute atomic E-state index is 0.0707. The molecule has 1 N–H and O–H groups in total. The molecule has 0 aliphatic rings. The summed E-state index contributed by atoms with van der Waals surface area (Å²) < 4.78 is 0. The zero-order valence-electron chi connectivity index (χ0n) is 14.9. The molecule has 0 bridgehead atoms. The number of rotatable bonds is 7. The lowest BCUT2D eigenvalue weighted by atomic mass is 9.79. The molecule has 2 nitrogen and oxygen atoms in total. The highest BCUT2D eigenvalue weighted by atomic mass is 35.5. The molecule has 0 fully saturated rings. The molecule has 0 aliphatic heterocycles. The van der Waals surface area contributed by atoms with Gasteiger partial charge in [-0.25, -0.2) is 0 Å². The summed E-state index contributed by atoms with van der Waals surface area (Å²) in [6, 6.07) is 11.8. The SMILES string of the molecule is CCCc1cc(Cl)cc(Cl)c1C(CC(C)C(=O)O)c1ccccc1C. The molecule has 2 aromatic carbocycles. The summed E-state index contributed by atoms with van der Waals surface area (Å²) in [4.78, 5) is 11.5. The van der Waals surface area contributed by atoms with E-state index in [1.807, 2.05) is 18.2 Å². The van der Waals surface area contributed by atoms with Crippen molar-refractivity contribution in [2.75, 3.05) is 0 Å². The van der Waals surface area contributed by atoms with Crippen LogP contribution in [0, 0.1) is 12.8 Å². The van der Waals surface area contributed by atoms with Crippen LogP contribution in [0.25, 0.3) is 0 Å². The summed E-state index contributed by atoms with van der Waals surface area (Å²) in [5, 5.41) is 10.7. The van der Waals surface area contributed by atoms with Gasteiger partial charge in [0, 0.05) is 16.0 Å². The van der Waals surface area contributed by atoms with Crippen molar-refractivity contribution in [1.29, 1.82) is 0 Å². The lowest BCUT2D eigenvalue weighted by molar-refractivity contribution is -0.141. The maximum absolute atomic E-state index is 11.5. The van der Waals surface area contributed by atoms with E-state index in [1.54, 1.807) is 13.0 Å². The normalized spacial score (nSPS) is 13.5. The average Bonchev–Trinajstić information content (AvgIpc) is 2.53. The Bertz CT molecular complexity index is 756. The zero-order valence-corrected chi connectivity index (χ0v) is 16.4. The van der Waals surface area contributed by atoms with Crippen LogP contribution in [-0.2, 0) is 11.2 Å². The van der Waals surface area contributed by atoms with Gasteiger partial charge in [0.25, 0.3) is 0 Å². The molecule has 0 saturated carbocycles. The Morgan fingerprint density at radius 3 is 2.48 bits per heavy atom. The molecule has 0 amide bonds. The van der Waals surface area contributed by atoms with Crippen LogP contribution < -0.4 is 0 Å². The molecule has 134 valence electrons. The van der Waals surface area contributed by atoms with Gasteiger partial charge in [-0.3, -0.25) is 4.79 Å². The minimum Gasteiger partial charge on any atom is -0.481 e. The summed E-state index contributed by atoms with van der Waals surface area (Å²) in [6.07, 6.45) is 2.33. The molecule has 0 aliphatic carbocycles. The predicted molar refractivity (Wildman–Crippen MR) is 105 cm³/mol. The maximum atomic E-state index is 11.5. The molecule has 2 atom stereocenters. The number of hydrogen-bond acceptors (Lipinski definition) is 1. The van der Waals surface area contributed by atoms with Gasteiger partial charge in [0.1, 0.15) is 0 Å². The third-order valence-electron chi connectivity index (χ3n) is 4.62. The van der Waals surface area contributed by atoms with Gasteiger partial charge < -0.3 is 5.11 Å². The third kappa shape index (κ3) is 4.77.